The number of thioether (sulfide) groups is 1. The molecule has 2 aromatic carbocycles. The van der Waals surface area contributed by atoms with Gasteiger partial charge < -0.3 is 19.5 Å². The molecule has 2 N–H and O–H groups in total. The average Bonchev–Trinajstić information content (AvgIpc) is 2.93. The van der Waals surface area contributed by atoms with Gasteiger partial charge >= 0.3 is 17.8 Å². The summed E-state index contributed by atoms with van der Waals surface area (Å²) in [5, 5.41) is 2.69. The largest absolute Gasteiger partial charge is 0.511 e. The van der Waals surface area contributed by atoms with Gasteiger partial charge in [0.15, 0.2) is 0 Å². The molecule has 0 spiro atoms. The molecule has 3 atom stereocenters. The molecule has 11 heteroatoms. The van der Waals surface area contributed by atoms with Crippen LogP contribution in [0.25, 0.3) is 0 Å². The molecule has 3 unspecified atom stereocenters. The summed E-state index contributed by atoms with van der Waals surface area (Å²) in [5.74, 6) is -0.00172. The molecule has 0 aromatic heterocycles. The van der Waals surface area contributed by atoms with Crippen LogP contribution in [0.4, 0.5) is 4.79 Å². The maximum absolute atomic E-state index is 13.8. The second-order valence-electron chi connectivity index (χ2n) is 8.25. The van der Waals surface area contributed by atoms with Gasteiger partial charge in [-0.05, 0) is 37.3 Å². The summed E-state index contributed by atoms with van der Waals surface area (Å²) in [6, 6.07) is 17.6. The van der Waals surface area contributed by atoms with Crippen molar-refractivity contribution in [2.45, 2.75) is 31.5 Å². The predicted molar refractivity (Wildman–Crippen MR) is 155 cm³/mol. The van der Waals surface area contributed by atoms with E-state index in [-0.39, 0.29) is 18.2 Å². The van der Waals surface area contributed by atoms with Gasteiger partial charge in [0.1, 0.15) is 0 Å². The van der Waals surface area contributed by atoms with E-state index in [4.69, 9.17) is 19.9 Å². The van der Waals surface area contributed by atoms with Gasteiger partial charge in [-0.15, -0.1) is 0 Å². The Morgan fingerprint density at radius 3 is 2.24 bits per heavy atom. The molecule has 207 valence electrons. The van der Waals surface area contributed by atoms with Crippen LogP contribution in [0.3, 0.4) is 0 Å². The molecule has 0 aliphatic carbocycles. The van der Waals surface area contributed by atoms with E-state index < -0.39 is 29.7 Å². The van der Waals surface area contributed by atoms with E-state index in [0.717, 1.165) is 24.8 Å². The first kappa shape index (κ1) is 31.9. The summed E-state index contributed by atoms with van der Waals surface area (Å²) in [6.45, 7) is 1.63. The van der Waals surface area contributed by atoms with Crippen LogP contribution in [0.15, 0.2) is 60.7 Å². The molecule has 0 saturated heterocycles. The Morgan fingerprint density at radius 1 is 1.00 bits per heavy atom. The van der Waals surface area contributed by atoms with Gasteiger partial charge in [-0.2, -0.15) is 11.8 Å². The summed E-state index contributed by atoms with van der Waals surface area (Å²) in [4.78, 5) is 39.3. The van der Waals surface area contributed by atoms with Crippen LogP contribution in [0.1, 0.15) is 24.5 Å². The van der Waals surface area contributed by atoms with E-state index in [1.807, 2.05) is 36.6 Å². The van der Waals surface area contributed by atoms with Crippen LogP contribution in [-0.4, -0.2) is 61.3 Å². The van der Waals surface area contributed by atoms with Gasteiger partial charge in [-0.1, -0.05) is 82.3 Å². The third-order valence-electron chi connectivity index (χ3n) is 5.44. The van der Waals surface area contributed by atoms with Gasteiger partial charge in [0, 0.05) is 23.1 Å². The molecule has 2 rings (SSSR count). The Balaban J connectivity index is 2.30. The van der Waals surface area contributed by atoms with E-state index in [9.17, 15) is 14.4 Å². The van der Waals surface area contributed by atoms with Crippen molar-refractivity contribution in [2.75, 3.05) is 37.2 Å². The van der Waals surface area contributed by atoms with Crippen molar-refractivity contribution in [1.82, 2.24) is 11.1 Å². The monoisotopic (exact) mass is 579 g/mol. The molecular weight excluding hydrogens is 545 g/mol. The lowest BCUT2D eigenvalue weighted by atomic mass is 9.97. The van der Waals surface area contributed by atoms with Crippen molar-refractivity contribution in [2.24, 2.45) is 5.92 Å². The molecule has 0 bridgehead atoms. The normalized spacial score (nSPS) is 14.0. The number of amides is 1. The summed E-state index contributed by atoms with van der Waals surface area (Å²) in [6.07, 6.45) is 2.13. The van der Waals surface area contributed by atoms with E-state index in [0.29, 0.717) is 17.9 Å². The number of rotatable bonds is 16. The molecule has 0 aliphatic rings. The Labute approximate surface area is 236 Å². The fourth-order valence-electron chi connectivity index (χ4n) is 3.46. The minimum Gasteiger partial charge on any atom is -0.464 e. The number of hydrogen-bond acceptors (Lipinski definition) is 9. The maximum Gasteiger partial charge on any atom is 0.511 e. The van der Waals surface area contributed by atoms with Gasteiger partial charge in [-0.25, -0.2) is 9.59 Å². The number of methoxy groups -OCH3 is 1. The smallest absolute Gasteiger partial charge is 0.464 e. The molecule has 0 aliphatic heterocycles. The Morgan fingerprint density at radius 2 is 1.63 bits per heavy atom. The Hall–Kier alpha value is -2.34. The zero-order valence-corrected chi connectivity index (χ0v) is 24.3. The van der Waals surface area contributed by atoms with Crippen LogP contribution in [0.2, 0.25) is 0 Å². The van der Waals surface area contributed by atoms with Crippen LogP contribution in [0, 0.1) is 5.92 Å². The summed E-state index contributed by atoms with van der Waals surface area (Å²) < 4.78 is 15.4. The molecule has 0 saturated carbocycles. The van der Waals surface area contributed by atoms with E-state index >= 15 is 0 Å². The van der Waals surface area contributed by atoms with Gasteiger partial charge in [0.2, 0.25) is 5.91 Å². The lowest BCUT2D eigenvalue weighted by Crippen LogP contribution is -2.57. The van der Waals surface area contributed by atoms with Crippen LogP contribution in [-0.2, 0) is 35.9 Å². The number of nitrogens with one attached hydrogen (secondary N) is 2. The maximum atomic E-state index is 13.8. The summed E-state index contributed by atoms with van der Waals surface area (Å²) in [5.41, 5.74) is 7.11. The lowest BCUT2D eigenvalue weighted by Gasteiger charge is -2.32. The van der Waals surface area contributed by atoms with Gasteiger partial charge in [-0.3, -0.25) is 10.5 Å². The van der Waals surface area contributed by atoms with Crippen molar-refractivity contribution in [3.8, 4) is 0 Å². The molecule has 0 fully saturated rings. The number of carbonyl (C=O) groups is 3. The third-order valence-corrected chi connectivity index (χ3v) is 8.64. The molecule has 0 heterocycles. The topological polar surface area (TPSA) is 115 Å². The molecule has 38 heavy (non-hydrogen) atoms. The second kappa shape index (κ2) is 17.3. The molecule has 1 amide bonds. The first-order valence-corrected chi connectivity index (χ1v) is 16.0. The SMILES string of the molecule is CCOC(=O)OC(NC(=O)C(CSSCC([NH])CCSC)Cc1ccccc1)(C(=O)OC)c1ccccc1. The van der Waals surface area contributed by atoms with Crippen molar-refractivity contribution in [3.63, 3.8) is 0 Å². The number of esters is 1. The highest BCUT2D eigenvalue weighted by molar-refractivity contribution is 8.76. The van der Waals surface area contributed by atoms with Crippen molar-refractivity contribution in [1.29, 1.82) is 0 Å². The zero-order valence-electron chi connectivity index (χ0n) is 21.8. The van der Waals surface area contributed by atoms with Crippen molar-refractivity contribution >= 4 is 51.4 Å². The van der Waals surface area contributed by atoms with Gasteiger partial charge in [0.25, 0.3) is 0 Å². The van der Waals surface area contributed by atoms with E-state index in [2.05, 4.69) is 5.32 Å². The summed E-state index contributed by atoms with van der Waals surface area (Å²) in [7, 11) is 4.22. The summed E-state index contributed by atoms with van der Waals surface area (Å²) >= 11 is 1.72. The molecule has 8 nitrogen and oxygen atoms in total. The predicted octanol–water partition coefficient (Wildman–Crippen LogP) is 4.95. The third kappa shape index (κ3) is 10.1. The molecule has 2 aromatic rings. The van der Waals surface area contributed by atoms with Crippen LogP contribution >= 0.6 is 33.3 Å². The zero-order chi connectivity index (χ0) is 27.8. The highest BCUT2D eigenvalue weighted by Gasteiger charge is 2.49. The first-order valence-electron chi connectivity index (χ1n) is 12.2. The van der Waals surface area contributed by atoms with Gasteiger partial charge in [0.05, 0.1) is 19.6 Å². The molecule has 1 radical (unpaired) electrons. The van der Waals surface area contributed by atoms with Crippen LogP contribution < -0.4 is 11.1 Å². The van der Waals surface area contributed by atoms with E-state index in [1.54, 1.807) is 59.8 Å². The highest BCUT2D eigenvalue weighted by atomic mass is 33.1. The van der Waals surface area contributed by atoms with Crippen molar-refractivity contribution < 1.29 is 28.6 Å². The minimum absolute atomic E-state index is 0.0251. The quantitative estimate of drug-likeness (QED) is 0.128. The van der Waals surface area contributed by atoms with E-state index in [1.165, 1.54) is 10.8 Å². The lowest BCUT2D eigenvalue weighted by molar-refractivity contribution is -0.174. The Kier molecular flexibility index (Phi) is 14.5. The molecular formula is C27H35N2O6S3. The van der Waals surface area contributed by atoms with Crippen molar-refractivity contribution in [3.05, 3.63) is 71.8 Å². The second-order valence-corrected chi connectivity index (χ2v) is 11.8. The first-order chi connectivity index (χ1) is 18.4. The van der Waals surface area contributed by atoms with Crippen LogP contribution in [0.5, 0.6) is 0 Å². The Bertz CT molecular complexity index is 999. The number of hydrogen-bond donors (Lipinski definition) is 1. The standard InChI is InChI=1S/C27H35N2O6S3/c1-4-34-26(32)35-27(25(31)33-2,22-13-9-6-10-14-22)29-24(30)21(17-20-11-7-5-8-12-20)18-37-38-19-23(28)15-16-36-3/h5-14,21,23,28H,4,15-19H2,1-3H3,(H,29,30). The fourth-order valence-corrected chi connectivity index (χ4v) is 6.50. The average molecular weight is 580 g/mol. The number of carbonyl (C=O) groups excluding carboxylic acids is 3. The highest BCUT2D eigenvalue weighted by Crippen LogP contribution is 2.30. The minimum atomic E-state index is -2.23. The number of ether oxygens (including phenoxy) is 3. The number of benzene rings is 2. The fraction of sp³-hybridized carbons (Fsp3) is 0.444.